The molecule has 0 aromatic carbocycles. The topological polar surface area (TPSA) is 46.3 Å². The molecule has 0 aliphatic carbocycles. The van der Waals surface area contributed by atoms with Crippen molar-refractivity contribution in [3.8, 4) is 0 Å². The van der Waals surface area contributed by atoms with Gasteiger partial charge in [0, 0.05) is 5.39 Å². The van der Waals surface area contributed by atoms with E-state index in [9.17, 15) is 5.11 Å². The van der Waals surface area contributed by atoms with E-state index in [1.807, 2.05) is 0 Å². The van der Waals surface area contributed by atoms with Gasteiger partial charge in [0.1, 0.15) is 0 Å². The molecule has 0 bridgehead atoms. The van der Waals surface area contributed by atoms with Crippen molar-refractivity contribution in [2.24, 2.45) is 0 Å². The van der Waals surface area contributed by atoms with Gasteiger partial charge >= 0.3 is 0 Å². The van der Waals surface area contributed by atoms with Crippen molar-refractivity contribution < 1.29 is 9.52 Å². The first-order valence-electron chi connectivity index (χ1n) is 3.90. The Bertz CT molecular complexity index is 436. The minimum Gasteiger partial charge on any atom is -0.461 e. The zero-order valence-electron chi connectivity index (χ0n) is 6.99. The summed E-state index contributed by atoms with van der Waals surface area (Å²) in [5.41, 5.74) is 1.12. The fraction of sp³-hybridized carbons (Fsp3) is 0.222. The van der Waals surface area contributed by atoms with Gasteiger partial charge in [-0.3, -0.25) is 0 Å². The quantitative estimate of drug-likeness (QED) is 0.715. The molecule has 0 fully saturated rings. The van der Waals surface area contributed by atoms with Crippen LogP contribution in [-0.2, 0) is 0 Å². The van der Waals surface area contributed by atoms with E-state index in [4.69, 9.17) is 16.0 Å². The number of rotatable bonds is 1. The summed E-state index contributed by atoms with van der Waals surface area (Å²) in [4.78, 5) is 3.99. The summed E-state index contributed by atoms with van der Waals surface area (Å²) in [5, 5.41) is 10.4. The van der Waals surface area contributed by atoms with Gasteiger partial charge in [0.2, 0.25) is 0 Å². The number of aromatic nitrogens is 1. The molecule has 13 heavy (non-hydrogen) atoms. The first-order chi connectivity index (χ1) is 6.18. The number of fused-ring (bicyclic) bond motifs is 1. The first kappa shape index (κ1) is 8.53. The summed E-state index contributed by atoms with van der Waals surface area (Å²) >= 11 is 5.83. The SMILES string of the molecule is C[C@@H](O)c1cc2ccoc2c(Cl)n1. The minimum atomic E-state index is -0.614. The van der Waals surface area contributed by atoms with Crippen molar-refractivity contribution in [3.63, 3.8) is 0 Å². The van der Waals surface area contributed by atoms with Crippen molar-refractivity contribution in [2.75, 3.05) is 0 Å². The number of furan rings is 1. The molecule has 2 heterocycles. The van der Waals surface area contributed by atoms with Crippen LogP contribution in [0.3, 0.4) is 0 Å². The Morgan fingerprint density at radius 3 is 3.08 bits per heavy atom. The third-order valence-electron chi connectivity index (χ3n) is 1.84. The molecule has 0 saturated heterocycles. The number of hydrogen-bond acceptors (Lipinski definition) is 3. The molecule has 0 aliphatic rings. The third-order valence-corrected chi connectivity index (χ3v) is 2.10. The highest BCUT2D eigenvalue weighted by Gasteiger charge is 2.09. The van der Waals surface area contributed by atoms with Gasteiger partial charge in [0.05, 0.1) is 18.1 Å². The molecule has 1 atom stereocenters. The first-order valence-corrected chi connectivity index (χ1v) is 4.28. The number of aliphatic hydroxyl groups excluding tert-OH is 1. The molecule has 0 amide bonds. The molecule has 0 radical (unpaired) electrons. The van der Waals surface area contributed by atoms with Crippen LogP contribution in [0.1, 0.15) is 18.7 Å². The molecule has 3 nitrogen and oxygen atoms in total. The number of aliphatic hydroxyl groups is 1. The van der Waals surface area contributed by atoms with Crippen LogP contribution in [0, 0.1) is 0 Å². The largest absolute Gasteiger partial charge is 0.461 e. The van der Waals surface area contributed by atoms with Crippen LogP contribution >= 0.6 is 11.6 Å². The Morgan fingerprint density at radius 1 is 1.62 bits per heavy atom. The van der Waals surface area contributed by atoms with Gasteiger partial charge in [0.25, 0.3) is 0 Å². The molecule has 1 N–H and O–H groups in total. The molecule has 0 spiro atoms. The number of pyridine rings is 1. The molecule has 2 rings (SSSR count). The second-order valence-electron chi connectivity index (χ2n) is 2.85. The fourth-order valence-corrected chi connectivity index (χ4v) is 1.42. The Balaban J connectivity index is 2.70. The van der Waals surface area contributed by atoms with E-state index in [-0.39, 0.29) is 0 Å². The van der Waals surface area contributed by atoms with Gasteiger partial charge in [-0.2, -0.15) is 0 Å². The van der Waals surface area contributed by atoms with Gasteiger partial charge in [-0.25, -0.2) is 4.98 Å². The maximum atomic E-state index is 9.29. The second-order valence-corrected chi connectivity index (χ2v) is 3.21. The van der Waals surface area contributed by atoms with Crippen molar-refractivity contribution in [2.45, 2.75) is 13.0 Å². The maximum Gasteiger partial charge on any atom is 0.172 e. The van der Waals surface area contributed by atoms with E-state index >= 15 is 0 Å². The molecule has 2 aromatic rings. The van der Waals surface area contributed by atoms with Crippen LogP contribution in [0.5, 0.6) is 0 Å². The second kappa shape index (κ2) is 3.01. The van der Waals surface area contributed by atoms with Crippen molar-refractivity contribution in [1.29, 1.82) is 0 Å². The molecule has 4 heteroatoms. The summed E-state index contributed by atoms with van der Waals surface area (Å²) in [5.74, 6) is 0. The summed E-state index contributed by atoms with van der Waals surface area (Å²) in [6.07, 6.45) is 0.932. The molecule has 0 saturated carbocycles. The Morgan fingerprint density at radius 2 is 2.38 bits per heavy atom. The molecule has 68 valence electrons. The standard InChI is InChI=1S/C9H8ClNO2/c1-5(12)7-4-6-2-3-13-8(6)9(10)11-7/h2-5,12H,1H3/t5-/m1/s1. The van der Waals surface area contributed by atoms with Gasteiger partial charge in [-0.15, -0.1) is 0 Å². The van der Waals surface area contributed by atoms with Crippen molar-refractivity contribution >= 4 is 22.6 Å². The molecular weight excluding hydrogens is 190 g/mol. The fourth-order valence-electron chi connectivity index (χ4n) is 1.17. The lowest BCUT2D eigenvalue weighted by Gasteiger charge is -2.03. The van der Waals surface area contributed by atoms with Crippen LogP contribution in [-0.4, -0.2) is 10.1 Å². The predicted octanol–water partition coefficient (Wildman–Crippen LogP) is 2.53. The Labute approximate surface area is 80.0 Å². The monoisotopic (exact) mass is 197 g/mol. The molecular formula is C9H8ClNO2. The van der Waals surface area contributed by atoms with Crippen molar-refractivity contribution in [3.05, 3.63) is 29.2 Å². The number of hydrogen-bond donors (Lipinski definition) is 1. The molecule has 2 aromatic heterocycles. The lowest BCUT2D eigenvalue weighted by Crippen LogP contribution is -1.95. The zero-order valence-corrected chi connectivity index (χ0v) is 7.75. The van der Waals surface area contributed by atoms with Crippen LogP contribution in [0.15, 0.2) is 22.8 Å². The summed E-state index contributed by atoms with van der Waals surface area (Å²) in [7, 11) is 0. The Hall–Kier alpha value is -1.06. The summed E-state index contributed by atoms with van der Waals surface area (Å²) in [6.45, 7) is 1.64. The van der Waals surface area contributed by atoms with E-state index in [0.29, 0.717) is 16.4 Å². The van der Waals surface area contributed by atoms with Crippen molar-refractivity contribution in [1.82, 2.24) is 4.98 Å². The molecule has 0 unspecified atom stereocenters. The highest BCUT2D eigenvalue weighted by atomic mass is 35.5. The van der Waals surface area contributed by atoms with Crippen LogP contribution in [0.25, 0.3) is 11.0 Å². The lowest BCUT2D eigenvalue weighted by atomic mass is 10.2. The predicted molar refractivity (Wildman–Crippen MR) is 49.7 cm³/mol. The average molecular weight is 198 g/mol. The van der Waals surface area contributed by atoms with Crippen LogP contribution < -0.4 is 0 Å². The van der Waals surface area contributed by atoms with E-state index in [0.717, 1.165) is 5.39 Å². The smallest absolute Gasteiger partial charge is 0.172 e. The van der Waals surface area contributed by atoms with Crippen LogP contribution in [0.4, 0.5) is 0 Å². The minimum absolute atomic E-state index is 0.290. The van der Waals surface area contributed by atoms with Gasteiger partial charge < -0.3 is 9.52 Å². The average Bonchev–Trinajstić information content (AvgIpc) is 2.51. The highest BCUT2D eigenvalue weighted by Crippen LogP contribution is 2.25. The van der Waals surface area contributed by atoms with Gasteiger partial charge in [0.15, 0.2) is 10.7 Å². The number of nitrogens with zero attached hydrogens (tertiary/aromatic N) is 1. The number of halogens is 1. The highest BCUT2D eigenvalue weighted by molar-refractivity contribution is 6.33. The third kappa shape index (κ3) is 1.41. The maximum absolute atomic E-state index is 9.29. The van der Waals surface area contributed by atoms with E-state index < -0.39 is 6.10 Å². The van der Waals surface area contributed by atoms with E-state index in [1.54, 1.807) is 25.3 Å². The summed E-state index contributed by atoms with van der Waals surface area (Å²) in [6, 6.07) is 3.55. The van der Waals surface area contributed by atoms with Gasteiger partial charge in [-0.05, 0) is 19.1 Å². The van der Waals surface area contributed by atoms with E-state index in [1.165, 1.54) is 0 Å². The molecule has 0 aliphatic heterocycles. The van der Waals surface area contributed by atoms with Gasteiger partial charge in [-0.1, -0.05) is 11.6 Å². The summed E-state index contributed by atoms with van der Waals surface area (Å²) < 4.78 is 5.11. The van der Waals surface area contributed by atoms with E-state index in [2.05, 4.69) is 4.98 Å². The Kier molecular flexibility index (Phi) is 1.98. The normalized spacial score (nSPS) is 13.5. The zero-order chi connectivity index (χ0) is 9.42. The lowest BCUT2D eigenvalue weighted by molar-refractivity contribution is 0.194. The van der Waals surface area contributed by atoms with Crippen LogP contribution in [0.2, 0.25) is 5.15 Å².